The predicted octanol–water partition coefficient (Wildman–Crippen LogP) is -0.459. The largest absolute Gasteiger partial charge is 0.481 e. The Morgan fingerprint density at radius 2 is 2.00 bits per heavy atom. The van der Waals surface area contributed by atoms with Gasteiger partial charge in [0.1, 0.15) is 0 Å². The Morgan fingerprint density at radius 3 is 2.43 bits per heavy atom. The first-order valence-electron chi connectivity index (χ1n) is 4.36. The molecule has 14 heavy (non-hydrogen) atoms. The molecule has 7 heteroatoms. The summed E-state index contributed by atoms with van der Waals surface area (Å²) in [4.78, 5) is 10.4. The van der Waals surface area contributed by atoms with Crippen molar-refractivity contribution in [2.75, 3.05) is 13.1 Å². The Hall–Kier alpha value is -0.660. The molecule has 0 aromatic carbocycles. The number of nitrogens with one attached hydrogen (secondary N) is 2. The molecular weight excluding hydrogens is 208 g/mol. The fraction of sp³-hybridized carbons (Fsp3) is 0.857. The molecule has 0 aliphatic carbocycles. The Balaban J connectivity index is 3.93. The van der Waals surface area contributed by atoms with E-state index in [-0.39, 0.29) is 6.54 Å². The van der Waals surface area contributed by atoms with Crippen molar-refractivity contribution in [1.82, 2.24) is 9.44 Å². The van der Waals surface area contributed by atoms with Crippen molar-refractivity contribution in [2.45, 2.75) is 20.3 Å². The van der Waals surface area contributed by atoms with Crippen LogP contribution in [0.3, 0.4) is 0 Å². The molecule has 0 amide bonds. The van der Waals surface area contributed by atoms with Crippen LogP contribution >= 0.6 is 0 Å². The molecule has 1 unspecified atom stereocenters. The number of hydrogen-bond donors (Lipinski definition) is 3. The Labute approximate surface area is 83.9 Å². The summed E-state index contributed by atoms with van der Waals surface area (Å²) in [5, 5.41) is 8.50. The molecule has 0 aliphatic heterocycles. The normalized spacial score (nSPS) is 13.9. The standard InChI is InChI=1S/C7H16N2O4S/c1-3-4-8-14(12,13)9-5-6(2)7(10)11/h6,8-9H,3-5H2,1-2H3,(H,10,11). The first-order valence-corrected chi connectivity index (χ1v) is 5.84. The van der Waals surface area contributed by atoms with Crippen LogP contribution in [0.5, 0.6) is 0 Å². The van der Waals surface area contributed by atoms with Gasteiger partial charge in [-0.2, -0.15) is 8.42 Å². The van der Waals surface area contributed by atoms with Crippen LogP contribution < -0.4 is 9.44 Å². The van der Waals surface area contributed by atoms with Gasteiger partial charge in [0.25, 0.3) is 10.2 Å². The van der Waals surface area contributed by atoms with Crippen molar-refractivity contribution in [3.63, 3.8) is 0 Å². The molecule has 0 aromatic rings. The second kappa shape index (κ2) is 5.94. The van der Waals surface area contributed by atoms with Gasteiger partial charge in [-0.15, -0.1) is 0 Å². The minimum atomic E-state index is -3.54. The Morgan fingerprint density at radius 1 is 1.43 bits per heavy atom. The van der Waals surface area contributed by atoms with Crippen LogP contribution in [0, 0.1) is 5.92 Å². The fourth-order valence-corrected chi connectivity index (χ4v) is 1.65. The molecule has 84 valence electrons. The molecule has 0 radical (unpaired) electrons. The molecule has 1 atom stereocenters. The predicted molar refractivity (Wildman–Crippen MR) is 52.0 cm³/mol. The maximum Gasteiger partial charge on any atom is 0.307 e. The van der Waals surface area contributed by atoms with E-state index in [0.717, 1.165) is 0 Å². The van der Waals surface area contributed by atoms with E-state index in [1.807, 2.05) is 6.92 Å². The van der Waals surface area contributed by atoms with E-state index in [4.69, 9.17) is 5.11 Å². The lowest BCUT2D eigenvalue weighted by atomic mass is 10.2. The number of carbonyl (C=O) groups is 1. The van der Waals surface area contributed by atoms with Gasteiger partial charge in [0.05, 0.1) is 5.92 Å². The summed E-state index contributed by atoms with van der Waals surface area (Å²) < 4.78 is 26.6. The fourth-order valence-electron chi connectivity index (χ4n) is 0.609. The summed E-state index contributed by atoms with van der Waals surface area (Å²) in [5.74, 6) is -1.75. The van der Waals surface area contributed by atoms with Crippen molar-refractivity contribution in [2.24, 2.45) is 5.92 Å². The van der Waals surface area contributed by atoms with Gasteiger partial charge in [-0.3, -0.25) is 4.79 Å². The van der Waals surface area contributed by atoms with E-state index >= 15 is 0 Å². The molecule has 0 saturated carbocycles. The van der Waals surface area contributed by atoms with Gasteiger partial charge in [-0.05, 0) is 6.42 Å². The zero-order chi connectivity index (χ0) is 11.2. The Kier molecular flexibility index (Phi) is 5.66. The zero-order valence-electron chi connectivity index (χ0n) is 8.28. The lowest BCUT2D eigenvalue weighted by Crippen LogP contribution is -2.40. The third-order valence-electron chi connectivity index (χ3n) is 1.54. The summed E-state index contributed by atoms with van der Waals surface area (Å²) in [6.45, 7) is 3.51. The molecule has 6 nitrogen and oxygen atoms in total. The van der Waals surface area contributed by atoms with E-state index < -0.39 is 22.1 Å². The van der Waals surface area contributed by atoms with Gasteiger partial charge in [0.2, 0.25) is 0 Å². The third kappa shape index (κ3) is 5.90. The second-order valence-corrected chi connectivity index (χ2v) is 4.57. The minimum Gasteiger partial charge on any atom is -0.481 e. The molecule has 0 spiro atoms. The topological polar surface area (TPSA) is 95.5 Å². The van der Waals surface area contributed by atoms with Gasteiger partial charge >= 0.3 is 5.97 Å². The maximum absolute atomic E-state index is 11.1. The molecular formula is C7H16N2O4S. The van der Waals surface area contributed by atoms with Crippen LogP contribution in [0.1, 0.15) is 20.3 Å². The third-order valence-corrected chi connectivity index (χ3v) is 2.67. The smallest absolute Gasteiger partial charge is 0.307 e. The first-order chi connectivity index (χ1) is 6.39. The molecule has 0 bridgehead atoms. The van der Waals surface area contributed by atoms with Gasteiger partial charge < -0.3 is 5.11 Å². The molecule has 0 saturated heterocycles. The molecule has 0 aromatic heterocycles. The van der Waals surface area contributed by atoms with Crippen molar-refractivity contribution in [3.8, 4) is 0 Å². The zero-order valence-corrected chi connectivity index (χ0v) is 9.10. The second-order valence-electron chi connectivity index (χ2n) is 2.99. The molecule has 0 heterocycles. The highest BCUT2D eigenvalue weighted by molar-refractivity contribution is 7.87. The van der Waals surface area contributed by atoms with Crippen molar-refractivity contribution in [1.29, 1.82) is 0 Å². The van der Waals surface area contributed by atoms with E-state index in [9.17, 15) is 13.2 Å². The van der Waals surface area contributed by atoms with Gasteiger partial charge in [-0.1, -0.05) is 13.8 Å². The summed E-state index contributed by atoms with van der Waals surface area (Å²) in [7, 11) is -3.54. The van der Waals surface area contributed by atoms with Gasteiger partial charge in [0, 0.05) is 13.1 Å². The summed E-state index contributed by atoms with van der Waals surface area (Å²) >= 11 is 0. The average Bonchev–Trinajstić information content (AvgIpc) is 2.11. The number of hydrogen-bond acceptors (Lipinski definition) is 3. The summed E-state index contributed by atoms with van der Waals surface area (Å²) in [6, 6.07) is 0. The number of carboxylic acid groups (broad SMARTS) is 1. The van der Waals surface area contributed by atoms with E-state index in [0.29, 0.717) is 13.0 Å². The average molecular weight is 224 g/mol. The van der Waals surface area contributed by atoms with Crippen molar-refractivity contribution in [3.05, 3.63) is 0 Å². The van der Waals surface area contributed by atoms with Crippen LogP contribution in [0.2, 0.25) is 0 Å². The SMILES string of the molecule is CCCNS(=O)(=O)NCC(C)C(=O)O. The molecule has 0 fully saturated rings. The van der Waals surface area contributed by atoms with Crippen LogP contribution in [-0.2, 0) is 15.0 Å². The van der Waals surface area contributed by atoms with Gasteiger partial charge in [-0.25, -0.2) is 9.44 Å². The van der Waals surface area contributed by atoms with Crippen molar-refractivity contribution >= 4 is 16.2 Å². The minimum absolute atomic E-state index is 0.103. The highest BCUT2D eigenvalue weighted by atomic mass is 32.2. The number of aliphatic carboxylic acids is 1. The number of carboxylic acids is 1. The number of rotatable bonds is 7. The molecule has 3 N–H and O–H groups in total. The summed E-state index contributed by atoms with van der Waals surface area (Å²) in [6.07, 6.45) is 0.690. The lowest BCUT2D eigenvalue weighted by Gasteiger charge is -2.09. The Bertz CT molecular complexity index is 275. The van der Waals surface area contributed by atoms with Crippen LogP contribution in [0.4, 0.5) is 0 Å². The first kappa shape index (κ1) is 13.3. The highest BCUT2D eigenvalue weighted by Gasteiger charge is 2.14. The highest BCUT2D eigenvalue weighted by Crippen LogP contribution is 1.92. The van der Waals surface area contributed by atoms with Crippen LogP contribution in [0.25, 0.3) is 0 Å². The van der Waals surface area contributed by atoms with E-state index in [2.05, 4.69) is 9.44 Å². The monoisotopic (exact) mass is 224 g/mol. The molecule has 0 rings (SSSR count). The molecule has 0 aliphatic rings. The maximum atomic E-state index is 11.1. The van der Waals surface area contributed by atoms with Crippen LogP contribution in [0.15, 0.2) is 0 Å². The summed E-state index contributed by atoms with van der Waals surface area (Å²) in [5.41, 5.74) is 0. The van der Waals surface area contributed by atoms with Crippen molar-refractivity contribution < 1.29 is 18.3 Å². The van der Waals surface area contributed by atoms with E-state index in [1.54, 1.807) is 0 Å². The van der Waals surface area contributed by atoms with E-state index in [1.165, 1.54) is 6.92 Å². The quantitative estimate of drug-likeness (QED) is 0.545. The van der Waals surface area contributed by atoms with Gasteiger partial charge in [0.15, 0.2) is 0 Å². The lowest BCUT2D eigenvalue weighted by molar-refractivity contribution is -0.140. The van der Waals surface area contributed by atoms with Crippen LogP contribution in [-0.4, -0.2) is 32.6 Å².